The molecule has 1 heterocycles. The lowest BCUT2D eigenvalue weighted by molar-refractivity contribution is -0.124. The minimum absolute atomic E-state index is 0.0479. The number of carbonyl (C=O) groups is 1. The van der Waals surface area contributed by atoms with E-state index in [9.17, 15) is 17.6 Å². The van der Waals surface area contributed by atoms with Gasteiger partial charge >= 0.3 is 0 Å². The number of sulfonamides is 1. The van der Waals surface area contributed by atoms with Gasteiger partial charge in [-0.3, -0.25) is 9.52 Å². The molecule has 4 N–H and O–H groups in total. The van der Waals surface area contributed by atoms with Gasteiger partial charge in [0.25, 0.3) is 10.0 Å². The lowest BCUT2D eigenvalue weighted by Crippen LogP contribution is -2.32. The second kappa shape index (κ2) is 11.0. The Hall–Kier alpha value is -3.31. The summed E-state index contributed by atoms with van der Waals surface area (Å²) in [6, 6.07) is 11.8. The molecule has 11 heteroatoms. The lowest BCUT2D eigenvalue weighted by atomic mass is 9.94. The first-order chi connectivity index (χ1) is 16.6. The molecule has 0 fully saturated rings. The molecule has 1 aromatic heterocycles. The number of benzene rings is 2. The van der Waals surface area contributed by atoms with Crippen LogP contribution in [-0.2, 0) is 14.8 Å². The molecule has 0 aliphatic rings. The van der Waals surface area contributed by atoms with E-state index in [1.54, 1.807) is 12.1 Å². The third kappa shape index (κ3) is 6.64. The molecule has 0 saturated carbocycles. The predicted octanol–water partition coefficient (Wildman–Crippen LogP) is 4.66. The van der Waals surface area contributed by atoms with Crippen molar-refractivity contribution in [3.8, 4) is 11.4 Å². The highest BCUT2D eigenvalue weighted by molar-refractivity contribution is 7.92. The van der Waals surface area contributed by atoms with Crippen molar-refractivity contribution in [2.75, 3.05) is 16.7 Å². The number of nitrogens with one attached hydrogen (secondary N) is 2. The van der Waals surface area contributed by atoms with Crippen LogP contribution in [0, 0.1) is 5.41 Å². The van der Waals surface area contributed by atoms with Crippen molar-refractivity contribution >= 4 is 27.3 Å². The number of amides is 1. The van der Waals surface area contributed by atoms with Gasteiger partial charge in [0.15, 0.2) is 0 Å². The highest BCUT2D eigenvalue weighted by Gasteiger charge is 2.27. The summed E-state index contributed by atoms with van der Waals surface area (Å²) in [6.07, 6.45) is 2.70. The molecule has 35 heavy (non-hydrogen) atoms. The summed E-state index contributed by atoms with van der Waals surface area (Å²) in [5.41, 5.74) is 6.24. The molecular weight excluding hydrogens is 473 g/mol. The number of nitrogens with zero attached hydrogens (tertiary/aromatic N) is 2. The van der Waals surface area contributed by atoms with Gasteiger partial charge in [0.2, 0.25) is 17.6 Å². The molecule has 3 rings (SSSR count). The Morgan fingerprint density at radius 2 is 1.74 bits per heavy atom. The van der Waals surface area contributed by atoms with Crippen molar-refractivity contribution in [1.29, 1.82) is 0 Å². The quantitative estimate of drug-likeness (QED) is 0.346. The lowest BCUT2D eigenvalue weighted by Gasteiger charge is -2.19. The maximum Gasteiger partial charge on any atom is 0.261 e. The number of hydrogen-bond acceptors (Lipinski definition) is 7. The number of hydrogen-bond donors (Lipinski definition) is 3. The maximum atomic E-state index is 13.0. The Labute approximate surface area is 204 Å². The van der Waals surface area contributed by atoms with Gasteiger partial charge < -0.3 is 15.6 Å². The van der Waals surface area contributed by atoms with Crippen LogP contribution >= 0.6 is 0 Å². The van der Waals surface area contributed by atoms with Gasteiger partial charge in [-0.2, -0.15) is 4.98 Å². The van der Waals surface area contributed by atoms with Crippen molar-refractivity contribution in [1.82, 2.24) is 10.1 Å². The molecule has 0 bridgehead atoms. The van der Waals surface area contributed by atoms with E-state index < -0.39 is 28.0 Å². The molecule has 0 saturated heterocycles. The van der Waals surface area contributed by atoms with E-state index >= 15 is 0 Å². The molecule has 0 aliphatic heterocycles. The van der Waals surface area contributed by atoms with Crippen LogP contribution < -0.4 is 15.8 Å². The Kier molecular flexibility index (Phi) is 8.23. The van der Waals surface area contributed by atoms with Crippen LogP contribution in [-0.4, -0.2) is 31.1 Å². The smallest absolute Gasteiger partial charge is 0.261 e. The SMILES string of the molecule is CCCCC(N)c1nc(-c2ccc(S(=O)(=O)Nc3ccc(NC(=O)C(C)(C)CF)cc3)cc2)no1. The second-order valence-electron chi connectivity index (χ2n) is 8.88. The summed E-state index contributed by atoms with van der Waals surface area (Å²) >= 11 is 0. The van der Waals surface area contributed by atoms with Crippen molar-refractivity contribution in [2.45, 2.75) is 51.0 Å². The first-order valence-corrected chi connectivity index (χ1v) is 12.7. The fraction of sp³-hybridized carbons (Fsp3) is 0.375. The first kappa shape index (κ1) is 26.3. The number of alkyl halides is 1. The number of aromatic nitrogens is 2. The van der Waals surface area contributed by atoms with E-state index in [-0.39, 0.29) is 10.9 Å². The fourth-order valence-electron chi connectivity index (χ4n) is 3.03. The zero-order valence-corrected chi connectivity index (χ0v) is 20.7. The summed E-state index contributed by atoms with van der Waals surface area (Å²) in [4.78, 5) is 16.5. The van der Waals surface area contributed by atoms with Gasteiger partial charge in [-0.25, -0.2) is 12.8 Å². The minimum Gasteiger partial charge on any atom is -0.337 e. The summed E-state index contributed by atoms with van der Waals surface area (Å²) in [7, 11) is -3.87. The van der Waals surface area contributed by atoms with E-state index in [1.165, 1.54) is 50.2 Å². The molecule has 9 nitrogen and oxygen atoms in total. The molecule has 188 valence electrons. The molecule has 1 atom stereocenters. The highest BCUT2D eigenvalue weighted by atomic mass is 32.2. The monoisotopic (exact) mass is 503 g/mol. The van der Waals surface area contributed by atoms with Gasteiger partial charge in [-0.15, -0.1) is 0 Å². The highest BCUT2D eigenvalue weighted by Crippen LogP contribution is 2.24. The van der Waals surface area contributed by atoms with Crippen molar-refractivity contribution in [3.05, 3.63) is 54.4 Å². The summed E-state index contributed by atoms with van der Waals surface area (Å²) in [6.45, 7) is 4.27. The van der Waals surface area contributed by atoms with Crippen LogP contribution in [0.4, 0.5) is 15.8 Å². The fourth-order valence-corrected chi connectivity index (χ4v) is 4.09. The zero-order chi connectivity index (χ0) is 25.6. The third-order valence-electron chi connectivity index (χ3n) is 5.39. The average Bonchev–Trinajstić information content (AvgIpc) is 3.34. The van der Waals surface area contributed by atoms with E-state index in [2.05, 4.69) is 27.1 Å². The van der Waals surface area contributed by atoms with E-state index in [0.717, 1.165) is 19.3 Å². The van der Waals surface area contributed by atoms with E-state index in [1.807, 2.05) is 0 Å². The van der Waals surface area contributed by atoms with Crippen molar-refractivity contribution in [3.63, 3.8) is 0 Å². The maximum absolute atomic E-state index is 13.0. The zero-order valence-electron chi connectivity index (χ0n) is 19.9. The summed E-state index contributed by atoms with van der Waals surface area (Å²) in [5, 5.41) is 6.55. The molecule has 0 aliphatic carbocycles. The topological polar surface area (TPSA) is 140 Å². The van der Waals surface area contributed by atoms with Crippen LogP contribution in [0.3, 0.4) is 0 Å². The summed E-state index contributed by atoms with van der Waals surface area (Å²) < 4.78 is 46.3. The summed E-state index contributed by atoms with van der Waals surface area (Å²) in [5.74, 6) is 0.210. The van der Waals surface area contributed by atoms with Gasteiger partial charge in [-0.1, -0.05) is 24.9 Å². The van der Waals surface area contributed by atoms with Gasteiger partial charge in [0.1, 0.15) is 6.67 Å². The largest absolute Gasteiger partial charge is 0.337 e. The normalized spacial score (nSPS) is 12.8. The molecule has 1 unspecified atom stereocenters. The van der Waals surface area contributed by atoms with Crippen LogP contribution in [0.25, 0.3) is 11.4 Å². The number of anilines is 2. The van der Waals surface area contributed by atoms with Gasteiger partial charge in [0.05, 0.1) is 16.4 Å². The van der Waals surface area contributed by atoms with Gasteiger partial charge in [0, 0.05) is 16.9 Å². The molecule has 3 aromatic rings. The van der Waals surface area contributed by atoms with Gasteiger partial charge in [-0.05, 0) is 68.8 Å². The van der Waals surface area contributed by atoms with Crippen molar-refractivity contribution < 1.29 is 22.1 Å². The van der Waals surface area contributed by atoms with Crippen LogP contribution in [0.5, 0.6) is 0 Å². The number of unbranched alkanes of at least 4 members (excludes halogenated alkanes) is 1. The van der Waals surface area contributed by atoms with Crippen molar-refractivity contribution in [2.24, 2.45) is 11.1 Å². The van der Waals surface area contributed by atoms with E-state index in [0.29, 0.717) is 28.7 Å². The second-order valence-corrected chi connectivity index (χ2v) is 10.6. The Bertz CT molecular complexity index is 1240. The number of halogens is 1. The molecule has 1 amide bonds. The Balaban J connectivity index is 1.66. The standard InChI is InChI=1S/C24H30FN5O4S/c1-4-5-6-20(26)22-28-21(29-34-22)16-7-13-19(14-8-16)35(32,33)30-18-11-9-17(10-12-18)27-23(31)24(2,3)15-25/h7-14,20,30H,4-6,15,26H2,1-3H3,(H,27,31). The predicted molar refractivity (Wildman–Crippen MR) is 132 cm³/mol. The molecule has 0 spiro atoms. The minimum atomic E-state index is -3.87. The number of nitrogens with two attached hydrogens (primary N) is 1. The van der Waals surface area contributed by atoms with Crippen LogP contribution in [0.2, 0.25) is 0 Å². The molecular formula is C24H30FN5O4S. The Morgan fingerprint density at radius 1 is 1.11 bits per heavy atom. The first-order valence-electron chi connectivity index (χ1n) is 11.3. The number of rotatable bonds is 11. The number of carbonyl (C=O) groups excluding carboxylic acids is 1. The molecule has 2 aromatic carbocycles. The Morgan fingerprint density at radius 3 is 2.34 bits per heavy atom. The molecule has 0 radical (unpaired) electrons. The van der Waals surface area contributed by atoms with E-state index in [4.69, 9.17) is 10.3 Å². The van der Waals surface area contributed by atoms with Crippen LogP contribution in [0.15, 0.2) is 57.9 Å². The third-order valence-corrected chi connectivity index (χ3v) is 6.79. The van der Waals surface area contributed by atoms with Crippen LogP contribution in [0.1, 0.15) is 52.0 Å². The average molecular weight is 504 g/mol.